The quantitative estimate of drug-likeness (QED) is 0.100. The van der Waals surface area contributed by atoms with Crippen LogP contribution in [0.25, 0.3) is 0 Å². The van der Waals surface area contributed by atoms with Gasteiger partial charge in [-0.15, -0.1) is 12.8 Å². The molecule has 14 heteroatoms. The molecule has 0 radical (unpaired) electrons. The molecule has 286 valence electrons. The minimum atomic E-state index is -1.63. The van der Waals surface area contributed by atoms with Crippen molar-refractivity contribution in [3.63, 3.8) is 0 Å². The lowest BCUT2D eigenvalue weighted by Crippen LogP contribution is -2.52. The van der Waals surface area contributed by atoms with E-state index >= 15 is 0 Å². The number of carbonyl (C=O) groups is 4. The normalized spacial score (nSPS) is 18.6. The summed E-state index contributed by atoms with van der Waals surface area (Å²) in [7, 11) is 3.46. The number of esters is 2. The van der Waals surface area contributed by atoms with Gasteiger partial charge in [-0.25, -0.2) is 9.59 Å². The Morgan fingerprint density at radius 2 is 1.00 bits per heavy atom. The van der Waals surface area contributed by atoms with Crippen LogP contribution >= 0.6 is 46.7 Å². The van der Waals surface area contributed by atoms with Gasteiger partial charge in [-0.3, -0.25) is 19.4 Å². The van der Waals surface area contributed by atoms with Gasteiger partial charge >= 0.3 is 11.9 Å². The molecule has 4 aromatic carbocycles. The summed E-state index contributed by atoms with van der Waals surface area (Å²) < 4.78 is 12.5. The highest BCUT2D eigenvalue weighted by atomic mass is 35.5. The van der Waals surface area contributed by atoms with Crippen LogP contribution in [0.15, 0.2) is 107 Å². The molecule has 10 nitrogen and oxygen atoms in total. The maximum atomic E-state index is 14.3. The van der Waals surface area contributed by atoms with Crippen LogP contribution in [0.3, 0.4) is 0 Å². The molecule has 0 spiro atoms. The van der Waals surface area contributed by atoms with Crippen LogP contribution in [0, 0.1) is 24.7 Å². The number of amides is 2. The van der Waals surface area contributed by atoms with Crippen LogP contribution in [0.1, 0.15) is 11.1 Å². The van der Waals surface area contributed by atoms with E-state index < -0.39 is 21.8 Å². The number of hydrogen-bond acceptors (Lipinski definition) is 10. The number of halogens is 2. The maximum absolute atomic E-state index is 14.3. The number of carbonyl (C=O) groups excluding carboxylic acids is 4. The number of likely N-dealkylation sites (N-methyl/N-ethyl adjacent to an activating group) is 2. The van der Waals surface area contributed by atoms with Gasteiger partial charge in [0.05, 0.1) is 50.6 Å². The molecule has 0 N–H and O–H groups in total. The number of nitrogens with zero attached hydrogens (tertiary/aromatic N) is 4. The zero-order valence-corrected chi connectivity index (χ0v) is 33.6. The standard InChI is InChI=1S/C42H36Cl2N4O6S2/c1-5-23-45(3)25-37(49)47-27-41(29-15-19-31(43)20-16-29,55-35-13-9-7-11-33(35)47)53-39(51)40(52)54-42(30-17-21-32(44)22-18-30)28-48(38(50)26-46(4)24-6-2)34-12-8-10-14-36(34)56-42/h1-2,7-22H,23-28H2,3-4H3. The summed E-state index contributed by atoms with van der Waals surface area (Å²) >= 11 is 14.9. The van der Waals surface area contributed by atoms with Crippen molar-refractivity contribution in [2.45, 2.75) is 19.7 Å². The predicted molar refractivity (Wildman–Crippen MR) is 220 cm³/mol. The lowest BCUT2D eigenvalue weighted by atomic mass is 10.1. The zero-order chi connectivity index (χ0) is 40.0. The number of thioether (sulfide) groups is 2. The van der Waals surface area contributed by atoms with Crippen molar-refractivity contribution >= 4 is 81.9 Å². The van der Waals surface area contributed by atoms with E-state index in [1.54, 1.807) is 121 Å². The Kier molecular flexibility index (Phi) is 12.7. The number of fused-ring (bicyclic) bond motifs is 2. The molecular weight excluding hydrogens is 792 g/mol. The lowest BCUT2D eigenvalue weighted by molar-refractivity contribution is -0.177. The van der Waals surface area contributed by atoms with Gasteiger partial charge in [0.25, 0.3) is 0 Å². The number of terminal acetylenes is 2. The van der Waals surface area contributed by atoms with Crippen LogP contribution < -0.4 is 9.80 Å². The van der Waals surface area contributed by atoms with Crippen LogP contribution in [0.2, 0.25) is 10.0 Å². The first kappa shape index (κ1) is 40.7. The van der Waals surface area contributed by atoms with Crippen molar-refractivity contribution in [3.05, 3.63) is 118 Å². The van der Waals surface area contributed by atoms with Crippen LogP contribution in [-0.2, 0) is 38.5 Å². The third-order valence-corrected chi connectivity index (χ3v) is 12.2. The van der Waals surface area contributed by atoms with E-state index in [2.05, 4.69) is 11.8 Å². The SMILES string of the molecule is C#CCN(C)CC(=O)N1CC(OC(=O)C(=O)OC2(c3ccc(Cl)cc3)CN(C(=O)CN(C)CC#C)c3ccccc3S2)(c2ccc(Cl)cc2)Sc2ccccc21. The predicted octanol–water partition coefficient (Wildman–Crippen LogP) is 6.49. The summed E-state index contributed by atoms with van der Waals surface area (Å²) in [6.07, 6.45) is 11.0. The summed E-state index contributed by atoms with van der Waals surface area (Å²) in [5.41, 5.74) is 2.16. The van der Waals surface area contributed by atoms with E-state index in [9.17, 15) is 19.2 Å². The Morgan fingerprint density at radius 3 is 1.36 bits per heavy atom. The van der Waals surface area contributed by atoms with Gasteiger partial charge in [0.2, 0.25) is 21.7 Å². The Bertz CT molecular complexity index is 2070. The molecule has 0 saturated heterocycles. The summed E-state index contributed by atoms with van der Waals surface area (Å²) in [5.74, 6) is 1.84. The lowest BCUT2D eigenvalue weighted by Gasteiger charge is -2.44. The van der Waals surface area contributed by atoms with Gasteiger partial charge in [0.15, 0.2) is 0 Å². The second-order valence-corrected chi connectivity index (χ2v) is 16.6. The largest absolute Gasteiger partial charge is 0.433 e. The van der Waals surface area contributed by atoms with Gasteiger partial charge in [-0.05, 0) is 62.6 Å². The number of rotatable bonds is 10. The molecule has 2 heterocycles. The summed E-state index contributed by atoms with van der Waals surface area (Å²) in [6.45, 7) is 0.118. The van der Waals surface area contributed by atoms with Crippen molar-refractivity contribution in [2.24, 2.45) is 0 Å². The van der Waals surface area contributed by atoms with Crippen molar-refractivity contribution in [1.29, 1.82) is 0 Å². The molecule has 0 saturated carbocycles. The molecule has 0 bridgehead atoms. The fourth-order valence-corrected chi connectivity index (χ4v) is 9.31. The van der Waals surface area contributed by atoms with E-state index in [1.807, 2.05) is 0 Å². The summed E-state index contributed by atoms with van der Waals surface area (Å²) in [4.78, 5) is 60.8. The van der Waals surface area contributed by atoms with Crippen molar-refractivity contribution < 1.29 is 28.7 Å². The van der Waals surface area contributed by atoms with E-state index in [1.165, 1.54) is 33.3 Å². The molecule has 0 aromatic heterocycles. The van der Waals surface area contributed by atoms with E-state index in [0.29, 0.717) is 42.3 Å². The molecule has 2 aliphatic rings. The Hall–Kier alpha value is -4.92. The Morgan fingerprint density at radius 1 is 0.643 bits per heavy atom. The van der Waals surface area contributed by atoms with Gasteiger partial charge < -0.3 is 19.3 Å². The van der Waals surface area contributed by atoms with Gasteiger partial charge in [-0.2, -0.15) is 0 Å². The molecule has 2 unspecified atom stereocenters. The van der Waals surface area contributed by atoms with E-state index in [4.69, 9.17) is 45.5 Å². The van der Waals surface area contributed by atoms with Crippen molar-refractivity contribution in [3.8, 4) is 24.7 Å². The highest BCUT2D eigenvalue weighted by Gasteiger charge is 2.50. The number of ether oxygens (including phenoxy) is 2. The number of anilines is 2. The highest BCUT2D eigenvalue weighted by Crippen LogP contribution is 2.53. The van der Waals surface area contributed by atoms with Crippen molar-refractivity contribution in [1.82, 2.24) is 9.80 Å². The Balaban J connectivity index is 1.38. The molecule has 0 aliphatic carbocycles. The summed E-state index contributed by atoms with van der Waals surface area (Å²) in [5, 5.41) is 0.868. The van der Waals surface area contributed by atoms with Crippen molar-refractivity contribution in [2.75, 3.05) is 63.2 Å². The monoisotopic (exact) mass is 826 g/mol. The van der Waals surface area contributed by atoms with Gasteiger partial charge in [-0.1, -0.05) is 107 Å². The smallest absolute Gasteiger partial charge is 0.419 e. The number of benzene rings is 4. The fourth-order valence-electron chi connectivity index (χ4n) is 6.36. The molecular formula is C42H36Cl2N4O6S2. The average molecular weight is 828 g/mol. The van der Waals surface area contributed by atoms with Crippen LogP contribution in [0.5, 0.6) is 0 Å². The molecule has 2 atom stereocenters. The van der Waals surface area contributed by atoms with Gasteiger partial charge in [0, 0.05) is 31.0 Å². The highest BCUT2D eigenvalue weighted by molar-refractivity contribution is 8.00. The first-order valence-corrected chi connectivity index (χ1v) is 19.6. The molecule has 56 heavy (non-hydrogen) atoms. The fraction of sp³-hybridized carbons (Fsp3) is 0.238. The third kappa shape index (κ3) is 8.87. The average Bonchev–Trinajstić information content (AvgIpc) is 3.17. The number of para-hydroxylation sites is 2. The van der Waals surface area contributed by atoms with E-state index in [0.717, 1.165) is 0 Å². The molecule has 6 rings (SSSR count). The van der Waals surface area contributed by atoms with Crippen LogP contribution in [0.4, 0.5) is 11.4 Å². The van der Waals surface area contributed by atoms with Gasteiger partial charge in [0.1, 0.15) is 0 Å². The van der Waals surface area contributed by atoms with E-state index in [-0.39, 0.29) is 51.1 Å². The molecule has 0 fully saturated rings. The number of hydrogen-bond donors (Lipinski definition) is 0. The molecule has 2 amide bonds. The first-order chi connectivity index (χ1) is 26.9. The van der Waals surface area contributed by atoms with Crippen LogP contribution in [-0.4, -0.2) is 86.9 Å². The molecule has 2 aliphatic heterocycles. The first-order valence-electron chi connectivity index (χ1n) is 17.3. The summed E-state index contributed by atoms with van der Waals surface area (Å²) in [6, 6.07) is 27.7. The second-order valence-electron chi connectivity index (χ2n) is 13.2. The Labute approximate surface area is 344 Å². The minimum absolute atomic E-state index is 0.0219. The minimum Gasteiger partial charge on any atom is -0.433 e. The zero-order valence-electron chi connectivity index (χ0n) is 30.4. The third-order valence-electron chi connectivity index (χ3n) is 8.98. The maximum Gasteiger partial charge on any atom is 0.419 e. The topological polar surface area (TPSA) is 99.7 Å². The second kappa shape index (κ2) is 17.5. The molecule has 4 aromatic rings.